The fourth-order valence-corrected chi connectivity index (χ4v) is 3.41. The van der Waals surface area contributed by atoms with E-state index in [1.54, 1.807) is 0 Å². The molecule has 3 rings (SSSR count). The van der Waals surface area contributed by atoms with E-state index in [9.17, 15) is 4.79 Å². The van der Waals surface area contributed by atoms with Crippen molar-refractivity contribution in [3.63, 3.8) is 0 Å². The molecule has 5 heteroatoms. The molecular formula is C20H26N2O3. The Morgan fingerprint density at radius 3 is 2.52 bits per heavy atom. The van der Waals surface area contributed by atoms with E-state index in [1.165, 1.54) is 19.3 Å². The van der Waals surface area contributed by atoms with E-state index in [2.05, 4.69) is 16.5 Å². The molecule has 1 aliphatic carbocycles. The molecule has 2 aromatic rings. The molecule has 25 heavy (non-hydrogen) atoms. The maximum Gasteiger partial charge on any atom is 0.274 e. The fraction of sp³-hybridized carbons (Fsp3) is 0.500. The van der Waals surface area contributed by atoms with Crippen molar-refractivity contribution < 1.29 is 14.1 Å². The van der Waals surface area contributed by atoms with E-state index in [-0.39, 0.29) is 18.6 Å². The molecule has 0 radical (unpaired) electrons. The van der Waals surface area contributed by atoms with Gasteiger partial charge in [-0.15, -0.1) is 0 Å². The molecule has 1 fully saturated rings. The number of rotatable bonds is 5. The second kappa shape index (κ2) is 7.72. The number of carbonyl (C=O) groups is 1. The molecule has 134 valence electrons. The Morgan fingerprint density at radius 1 is 1.16 bits per heavy atom. The molecular weight excluding hydrogens is 316 g/mol. The van der Waals surface area contributed by atoms with Gasteiger partial charge in [-0.25, -0.2) is 0 Å². The third-order valence-corrected chi connectivity index (χ3v) is 4.72. The van der Waals surface area contributed by atoms with Crippen LogP contribution >= 0.6 is 0 Å². The Bertz CT molecular complexity index is 725. The molecule has 1 amide bonds. The highest BCUT2D eigenvalue weighted by Crippen LogP contribution is 2.22. The van der Waals surface area contributed by atoms with Gasteiger partial charge in [0, 0.05) is 6.04 Å². The van der Waals surface area contributed by atoms with Crippen molar-refractivity contribution in [2.45, 2.75) is 65.5 Å². The number of aryl methyl sites for hydroxylation is 3. The number of ether oxygens (including phenoxy) is 1. The highest BCUT2D eigenvalue weighted by molar-refractivity contribution is 5.94. The van der Waals surface area contributed by atoms with Crippen LogP contribution in [0.1, 0.15) is 65.0 Å². The first-order chi connectivity index (χ1) is 12.0. The normalized spacial score (nSPS) is 15.2. The SMILES string of the molecule is Cc1cc(C)cc(OCc2c(C(=O)NC3CCCCC3)noc2C)c1. The van der Waals surface area contributed by atoms with Gasteiger partial charge < -0.3 is 14.6 Å². The van der Waals surface area contributed by atoms with Crippen LogP contribution in [-0.4, -0.2) is 17.1 Å². The number of benzene rings is 1. The number of nitrogens with zero attached hydrogens (tertiary/aromatic N) is 1. The minimum atomic E-state index is -0.164. The van der Waals surface area contributed by atoms with Crippen molar-refractivity contribution in [2.75, 3.05) is 0 Å². The van der Waals surface area contributed by atoms with Crippen LogP contribution in [-0.2, 0) is 6.61 Å². The van der Waals surface area contributed by atoms with Gasteiger partial charge in [0.05, 0.1) is 5.56 Å². The Hall–Kier alpha value is -2.30. The monoisotopic (exact) mass is 342 g/mol. The van der Waals surface area contributed by atoms with Crippen LogP contribution in [0.25, 0.3) is 0 Å². The summed E-state index contributed by atoms with van der Waals surface area (Å²) in [4.78, 5) is 12.6. The highest BCUT2D eigenvalue weighted by Gasteiger charge is 2.23. The first-order valence-corrected chi connectivity index (χ1v) is 9.00. The minimum absolute atomic E-state index is 0.164. The van der Waals surface area contributed by atoms with Crippen LogP contribution in [0.15, 0.2) is 22.7 Å². The minimum Gasteiger partial charge on any atom is -0.489 e. The number of nitrogens with one attached hydrogen (secondary N) is 1. The zero-order chi connectivity index (χ0) is 17.8. The number of amides is 1. The fourth-order valence-electron chi connectivity index (χ4n) is 3.41. The number of aromatic nitrogens is 1. The molecule has 1 aliphatic rings. The Kier molecular flexibility index (Phi) is 5.41. The van der Waals surface area contributed by atoms with Gasteiger partial charge in [-0.1, -0.05) is 30.5 Å². The van der Waals surface area contributed by atoms with E-state index in [1.807, 2.05) is 32.9 Å². The predicted octanol–water partition coefficient (Wildman–Crippen LogP) is 4.24. The van der Waals surface area contributed by atoms with E-state index in [0.29, 0.717) is 17.0 Å². The maximum absolute atomic E-state index is 12.6. The lowest BCUT2D eigenvalue weighted by Crippen LogP contribution is -2.36. The topological polar surface area (TPSA) is 64.4 Å². The molecule has 0 spiro atoms. The van der Waals surface area contributed by atoms with Crippen LogP contribution in [0.3, 0.4) is 0 Å². The van der Waals surface area contributed by atoms with Crippen molar-refractivity contribution in [1.29, 1.82) is 0 Å². The molecule has 1 heterocycles. The third-order valence-electron chi connectivity index (χ3n) is 4.72. The Labute approximate surface area is 148 Å². The van der Waals surface area contributed by atoms with Gasteiger partial charge in [-0.2, -0.15) is 0 Å². The summed E-state index contributed by atoms with van der Waals surface area (Å²) in [6.45, 7) is 6.15. The molecule has 0 atom stereocenters. The van der Waals surface area contributed by atoms with Crippen molar-refractivity contribution in [2.24, 2.45) is 0 Å². The van der Waals surface area contributed by atoms with Crippen molar-refractivity contribution in [3.05, 3.63) is 46.3 Å². The Balaban J connectivity index is 1.69. The lowest BCUT2D eigenvalue weighted by molar-refractivity contribution is 0.0916. The molecule has 0 saturated heterocycles. The smallest absolute Gasteiger partial charge is 0.274 e. The average molecular weight is 342 g/mol. The van der Waals surface area contributed by atoms with Crippen LogP contribution in [0.2, 0.25) is 0 Å². The van der Waals surface area contributed by atoms with Gasteiger partial charge >= 0.3 is 0 Å². The second-order valence-electron chi connectivity index (χ2n) is 6.99. The van der Waals surface area contributed by atoms with Crippen molar-refractivity contribution in [1.82, 2.24) is 10.5 Å². The van der Waals surface area contributed by atoms with Gasteiger partial charge in [0.2, 0.25) is 0 Å². The van der Waals surface area contributed by atoms with Crippen LogP contribution in [0.4, 0.5) is 0 Å². The van der Waals surface area contributed by atoms with Crippen molar-refractivity contribution >= 4 is 5.91 Å². The van der Waals surface area contributed by atoms with E-state index < -0.39 is 0 Å². The van der Waals surface area contributed by atoms with E-state index >= 15 is 0 Å². The van der Waals surface area contributed by atoms with Crippen LogP contribution in [0.5, 0.6) is 5.75 Å². The van der Waals surface area contributed by atoms with Gasteiger partial charge in [-0.3, -0.25) is 4.79 Å². The van der Waals surface area contributed by atoms with Crippen LogP contribution in [0, 0.1) is 20.8 Å². The maximum atomic E-state index is 12.6. The largest absolute Gasteiger partial charge is 0.489 e. The molecule has 0 unspecified atom stereocenters. The van der Waals surface area contributed by atoms with E-state index in [0.717, 1.165) is 29.7 Å². The first kappa shape index (κ1) is 17.5. The highest BCUT2D eigenvalue weighted by atomic mass is 16.5. The standard InChI is InChI=1S/C20H26N2O3/c1-13-9-14(2)11-17(10-13)24-12-18-15(3)25-22-19(18)20(23)21-16-7-5-4-6-8-16/h9-11,16H,4-8,12H2,1-3H3,(H,21,23). The van der Waals surface area contributed by atoms with Gasteiger partial charge in [-0.05, 0) is 56.9 Å². The third kappa shape index (κ3) is 4.41. The number of carbonyl (C=O) groups excluding carboxylic acids is 1. The van der Waals surface area contributed by atoms with Gasteiger partial charge in [0.1, 0.15) is 18.1 Å². The Morgan fingerprint density at radius 2 is 1.84 bits per heavy atom. The zero-order valence-electron chi connectivity index (χ0n) is 15.2. The summed E-state index contributed by atoms with van der Waals surface area (Å²) in [5.74, 6) is 1.25. The molecule has 1 aromatic heterocycles. The number of hydrogen-bond donors (Lipinski definition) is 1. The summed E-state index contributed by atoms with van der Waals surface area (Å²) in [7, 11) is 0. The number of hydrogen-bond acceptors (Lipinski definition) is 4. The molecule has 5 nitrogen and oxygen atoms in total. The average Bonchev–Trinajstić information content (AvgIpc) is 2.94. The van der Waals surface area contributed by atoms with Crippen LogP contribution < -0.4 is 10.1 Å². The molecule has 0 aliphatic heterocycles. The lowest BCUT2D eigenvalue weighted by atomic mass is 9.95. The molecule has 1 N–H and O–H groups in total. The van der Waals surface area contributed by atoms with Gasteiger partial charge in [0.15, 0.2) is 5.69 Å². The lowest BCUT2D eigenvalue weighted by Gasteiger charge is -2.22. The summed E-state index contributed by atoms with van der Waals surface area (Å²) < 4.78 is 11.1. The zero-order valence-corrected chi connectivity index (χ0v) is 15.2. The molecule has 0 bridgehead atoms. The van der Waals surface area contributed by atoms with Crippen molar-refractivity contribution in [3.8, 4) is 5.75 Å². The molecule has 1 aromatic carbocycles. The summed E-state index contributed by atoms with van der Waals surface area (Å²) in [6, 6.07) is 6.31. The second-order valence-corrected chi connectivity index (χ2v) is 6.99. The van der Waals surface area contributed by atoms with Gasteiger partial charge in [0.25, 0.3) is 5.91 Å². The summed E-state index contributed by atoms with van der Waals surface area (Å²) in [5.41, 5.74) is 3.35. The quantitative estimate of drug-likeness (QED) is 0.882. The molecule has 1 saturated carbocycles. The summed E-state index contributed by atoms with van der Waals surface area (Å²) in [5, 5.41) is 7.05. The first-order valence-electron chi connectivity index (χ1n) is 9.00. The summed E-state index contributed by atoms with van der Waals surface area (Å²) in [6.07, 6.45) is 5.68. The van der Waals surface area contributed by atoms with E-state index in [4.69, 9.17) is 9.26 Å². The predicted molar refractivity (Wildman–Crippen MR) is 95.8 cm³/mol. The summed E-state index contributed by atoms with van der Waals surface area (Å²) >= 11 is 0.